The van der Waals surface area contributed by atoms with E-state index in [2.05, 4.69) is 26.9 Å². The van der Waals surface area contributed by atoms with Gasteiger partial charge in [-0.3, -0.25) is 9.78 Å². The van der Waals surface area contributed by atoms with Crippen molar-refractivity contribution in [2.75, 3.05) is 24.5 Å². The lowest BCUT2D eigenvalue weighted by molar-refractivity contribution is -0.145. The van der Waals surface area contributed by atoms with Gasteiger partial charge in [-0.15, -0.1) is 0 Å². The first kappa shape index (κ1) is 17.1. The van der Waals surface area contributed by atoms with Crippen LogP contribution < -0.4 is 4.90 Å². The summed E-state index contributed by atoms with van der Waals surface area (Å²) < 4.78 is 0. The predicted molar refractivity (Wildman–Crippen MR) is 107 cm³/mol. The number of fused-ring (bicyclic) bond motifs is 2. The van der Waals surface area contributed by atoms with Gasteiger partial charge in [0.1, 0.15) is 0 Å². The second-order valence-corrected chi connectivity index (χ2v) is 8.87. The van der Waals surface area contributed by atoms with E-state index < -0.39 is 0 Å². The summed E-state index contributed by atoms with van der Waals surface area (Å²) in [5, 5.41) is 0.739. The average molecular weight is 382 g/mol. The van der Waals surface area contributed by atoms with Crippen molar-refractivity contribution in [3.63, 3.8) is 0 Å². The minimum Gasteiger partial charge on any atom is -0.369 e. The molecule has 2 aromatic rings. The number of amides is 1. The van der Waals surface area contributed by atoms with Crippen LogP contribution in [0.2, 0.25) is 5.02 Å². The molecule has 27 heavy (non-hydrogen) atoms. The van der Waals surface area contributed by atoms with Crippen molar-refractivity contribution in [2.24, 2.45) is 11.3 Å². The van der Waals surface area contributed by atoms with Gasteiger partial charge in [0.05, 0.1) is 5.41 Å². The van der Waals surface area contributed by atoms with Crippen LogP contribution >= 0.6 is 11.6 Å². The van der Waals surface area contributed by atoms with E-state index in [9.17, 15) is 4.79 Å². The Labute approximate surface area is 165 Å². The Kier molecular flexibility index (Phi) is 4.12. The minimum atomic E-state index is -0.332. The van der Waals surface area contributed by atoms with Crippen LogP contribution in [0.5, 0.6) is 0 Å². The van der Waals surface area contributed by atoms with Gasteiger partial charge in [-0.2, -0.15) is 0 Å². The summed E-state index contributed by atoms with van der Waals surface area (Å²) >= 11 is 6.05. The molecule has 4 nitrogen and oxygen atoms in total. The number of halogens is 1. The zero-order chi connectivity index (χ0) is 18.4. The molecule has 3 aliphatic rings. The fourth-order valence-electron chi connectivity index (χ4n) is 5.22. The van der Waals surface area contributed by atoms with Crippen LogP contribution in [0.1, 0.15) is 24.8 Å². The molecule has 1 saturated carbocycles. The van der Waals surface area contributed by atoms with Crippen LogP contribution in [0, 0.1) is 11.3 Å². The number of nitrogens with zero attached hydrogens (tertiary/aromatic N) is 3. The molecule has 0 unspecified atom stereocenters. The van der Waals surface area contributed by atoms with Crippen molar-refractivity contribution < 1.29 is 4.79 Å². The molecule has 1 aliphatic carbocycles. The zero-order valence-corrected chi connectivity index (χ0v) is 16.1. The number of likely N-dealkylation sites (tertiary alicyclic amines) is 1. The number of carbonyl (C=O) groups is 1. The van der Waals surface area contributed by atoms with E-state index in [1.165, 1.54) is 24.8 Å². The zero-order valence-electron chi connectivity index (χ0n) is 15.4. The fourth-order valence-corrected chi connectivity index (χ4v) is 5.34. The number of pyridine rings is 1. The molecule has 5 rings (SSSR count). The number of anilines is 1. The smallest absolute Gasteiger partial charge is 0.232 e. The van der Waals surface area contributed by atoms with Crippen LogP contribution in [0.4, 0.5) is 5.69 Å². The highest BCUT2D eigenvalue weighted by atomic mass is 35.5. The first-order valence-electron chi connectivity index (χ1n) is 9.83. The van der Waals surface area contributed by atoms with Gasteiger partial charge in [0.15, 0.2) is 0 Å². The van der Waals surface area contributed by atoms with E-state index in [0.29, 0.717) is 11.9 Å². The van der Waals surface area contributed by atoms with Crippen molar-refractivity contribution in [3.8, 4) is 0 Å². The number of rotatable bonds is 4. The normalized spacial score (nSPS) is 25.5. The summed E-state index contributed by atoms with van der Waals surface area (Å²) in [5.74, 6) is 1.08. The first-order chi connectivity index (χ1) is 13.1. The Morgan fingerprint density at radius 1 is 1.11 bits per heavy atom. The summed E-state index contributed by atoms with van der Waals surface area (Å²) in [7, 11) is 0. The molecule has 1 amide bonds. The number of hydrogen-bond donors (Lipinski definition) is 0. The highest BCUT2D eigenvalue weighted by molar-refractivity contribution is 6.30. The number of hydrogen-bond acceptors (Lipinski definition) is 3. The highest BCUT2D eigenvalue weighted by Gasteiger charge is 2.54. The van der Waals surface area contributed by atoms with Gasteiger partial charge >= 0.3 is 0 Å². The quantitative estimate of drug-likeness (QED) is 0.808. The van der Waals surface area contributed by atoms with Crippen LogP contribution in [0.15, 0.2) is 48.8 Å². The SMILES string of the molecule is O=C(N1C[C@H]2CC[C@H]1C2)C1(Cc2ccc(Cl)cc2)CN(c2ccncc2)C1. The molecule has 3 fully saturated rings. The topological polar surface area (TPSA) is 36.4 Å². The van der Waals surface area contributed by atoms with Crippen LogP contribution in [0.25, 0.3) is 0 Å². The third-order valence-corrected chi connectivity index (χ3v) is 6.85. The van der Waals surface area contributed by atoms with Crippen LogP contribution in [-0.4, -0.2) is 41.5 Å². The van der Waals surface area contributed by atoms with E-state index in [4.69, 9.17) is 11.6 Å². The van der Waals surface area contributed by atoms with Gasteiger partial charge in [-0.1, -0.05) is 23.7 Å². The molecule has 140 valence electrons. The summed E-state index contributed by atoms with van der Waals surface area (Å²) in [5.41, 5.74) is 2.00. The van der Waals surface area contributed by atoms with Crippen molar-refractivity contribution in [2.45, 2.75) is 31.7 Å². The largest absolute Gasteiger partial charge is 0.369 e. The van der Waals surface area contributed by atoms with Gasteiger partial charge in [0, 0.05) is 48.8 Å². The molecule has 3 heterocycles. The Bertz CT molecular complexity index is 832. The molecule has 5 heteroatoms. The Morgan fingerprint density at radius 2 is 1.85 bits per heavy atom. The maximum Gasteiger partial charge on any atom is 0.232 e. The number of carbonyl (C=O) groups excluding carboxylic acids is 1. The summed E-state index contributed by atoms with van der Waals surface area (Å²) in [6.07, 6.45) is 8.09. The average Bonchev–Trinajstić information content (AvgIpc) is 3.29. The second-order valence-electron chi connectivity index (χ2n) is 8.44. The molecule has 1 aromatic carbocycles. The standard InChI is InChI=1S/C22H24ClN3O/c23-18-4-1-16(2-5-18)12-22(14-25(15-22)19-7-9-24-10-8-19)21(27)26-13-17-3-6-20(26)11-17/h1-2,4-5,7-10,17,20H,3,6,11-15H2/t17-,20-/m0/s1. The Balaban J connectivity index is 1.40. The lowest BCUT2D eigenvalue weighted by atomic mass is 9.73. The van der Waals surface area contributed by atoms with Gasteiger partial charge in [0.2, 0.25) is 5.91 Å². The Hall–Kier alpha value is -2.07. The predicted octanol–water partition coefficient (Wildman–Crippen LogP) is 3.80. The van der Waals surface area contributed by atoms with Gasteiger partial charge in [0.25, 0.3) is 0 Å². The minimum absolute atomic E-state index is 0.332. The summed E-state index contributed by atoms with van der Waals surface area (Å²) in [6, 6.07) is 12.5. The monoisotopic (exact) mass is 381 g/mol. The molecule has 2 bridgehead atoms. The van der Waals surface area contributed by atoms with Gasteiger partial charge < -0.3 is 9.80 Å². The van der Waals surface area contributed by atoms with Crippen LogP contribution in [-0.2, 0) is 11.2 Å². The number of aromatic nitrogens is 1. The van der Waals surface area contributed by atoms with Crippen LogP contribution in [0.3, 0.4) is 0 Å². The number of benzene rings is 1. The second kappa shape index (κ2) is 6.52. The van der Waals surface area contributed by atoms with Gasteiger partial charge in [-0.05, 0) is 61.4 Å². The molecule has 0 N–H and O–H groups in total. The lowest BCUT2D eigenvalue weighted by Crippen LogP contribution is -2.65. The van der Waals surface area contributed by atoms with Crippen molar-refractivity contribution in [1.82, 2.24) is 9.88 Å². The molecular weight excluding hydrogens is 358 g/mol. The maximum atomic E-state index is 13.6. The first-order valence-corrected chi connectivity index (χ1v) is 10.2. The summed E-state index contributed by atoms with van der Waals surface area (Å²) in [4.78, 5) is 22.3. The fraction of sp³-hybridized carbons (Fsp3) is 0.455. The third kappa shape index (κ3) is 3.00. The molecule has 1 aromatic heterocycles. The van der Waals surface area contributed by atoms with Gasteiger partial charge in [-0.25, -0.2) is 0 Å². The Morgan fingerprint density at radius 3 is 2.48 bits per heavy atom. The molecule has 0 spiro atoms. The maximum absolute atomic E-state index is 13.6. The lowest BCUT2D eigenvalue weighted by Gasteiger charge is -2.52. The molecule has 2 atom stereocenters. The summed E-state index contributed by atoms with van der Waals surface area (Å²) in [6.45, 7) is 2.50. The van der Waals surface area contributed by atoms with Crippen molar-refractivity contribution >= 4 is 23.2 Å². The van der Waals surface area contributed by atoms with E-state index in [1.807, 2.05) is 36.7 Å². The van der Waals surface area contributed by atoms with Crippen molar-refractivity contribution in [1.29, 1.82) is 0 Å². The third-order valence-electron chi connectivity index (χ3n) is 6.59. The van der Waals surface area contributed by atoms with Crippen molar-refractivity contribution in [3.05, 3.63) is 59.4 Å². The van der Waals surface area contributed by atoms with E-state index in [-0.39, 0.29) is 5.41 Å². The van der Waals surface area contributed by atoms with E-state index >= 15 is 0 Å². The molecule has 2 saturated heterocycles. The molecule has 0 radical (unpaired) electrons. The van der Waals surface area contributed by atoms with E-state index in [1.54, 1.807) is 0 Å². The van der Waals surface area contributed by atoms with E-state index in [0.717, 1.165) is 42.7 Å². The molecule has 2 aliphatic heterocycles. The number of piperidine rings is 1. The highest BCUT2D eigenvalue weighted by Crippen LogP contribution is 2.44. The molecular formula is C22H24ClN3O.